The van der Waals surface area contributed by atoms with Gasteiger partial charge in [0.25, 0.3) is 0 Å². The van der Waals surface area contributed by atoms with Gasteiger partial charge in [0, 0.05) is 37.2 Å². The van der Waals surface area contributed by atoms with Gasteiger partial charge in [0.2, 0.25) is 0 Å². The quantitative estimate of drug-likeness (QED) is 0.0661. The van der Waals surface area contributed by atoms with E-state index < -0.39 is 50.1 Å². The van der Waals surface area contributed by atoms with E-state index in [-0.39, 0.29) is 249 Å². The summed E-state index contributed by atoms with van der Waals surface area (Å²) in [5.41, 5.74) is 0.828. The summed E-state index contributed by atoms with van der Waals surface area (Å²) < 4.78 is 17.0. The zero-order valence-electron chi connectivity index (χ0n) is 25.2. The molecular formula is C24H22K4N4O11S2. The van der Waals surface area contributed by atoms with Gasteiger partial charge in [0.1, 0.15) is 28.7 Å². The number of carbonyl (C=O) groups is 4. The van der Waals surface area contributed by atoms with Gasteiger partial charge in [-0.15, -0.1) is 0 Å². The SMILES string of the molecule is O=C([O-])CN(CCOCCOc1cc2cc(C=C3NC(=S)NC3=S)oc2cc1N(CC(=O)[O-])CC(=O)[O-])CC(=O)[O-].[K+].[K+].[K+].[K+]. The molecule has 1 fully saturated rings. The third-order valence-corrected chi connectivity index (χ3v) is 5.87. The van der Waals surface area contributed by atoms with Gasteiger partial charge in [0.15, 0.2) is 5.11 Å². The first-order chi connectivity index (χ1) is 19.4. The van der Waals surface area contributed by atoms with E-state index in [0.29, 0.717) is 26.9 Å². The molecular weight excluding hydrogens is 741 g/mol. The summed E-state index contributed by atoms with van der Waals surface area (Å²) in [7, 11) is 0. The fourth-order valence-corrected chi connectivity index (χ4v) is 4.25. The van der Waals surface area contributed by atoms with E-state index in [1.165, 1.54) is 12.1 Å². The van der Waals surface area contributed by atoms with Gasteiger partial charge in [0.05, 0.1) is 61.6 Å². The van der Waals surface area contributed by atoms with Crippen molar-refractivity contribution in [2.24, 2.45) is 0 Å². The Bertz CT molecular complexity index is 1380. The van der Waals surface area contributed by atoms with Crippen LogP contribution < -0.4 is 246 Å². The molecule has 0 bridgehead atoms. The number of carbonyl (C=O) groups excluding carboxylic acids is 4. The number of nitrogens with zero attached hydrogens (tertiary/aromatic N) is 2. The Morgan fingerprint density at radius 3 is 1.89 bits per heavy atom. The number of aliphatic carboxylic acids is 4. The predicted octanol–water partition coefficient (Wildman–Crippen LogP) is -16.9. The van der Waals surface area contributed by atoms with E-state index in [9.17, 15) is 39.6 Å². The zero-order chi connectivity index (χ0) is 30.1. The van der Waals surface area contributed by atoms with Gasteiger partial charge >= 0.3 is 206 Å². The Labute approximate surface area is 438 Å². The normalized spacial score (nSPS) is 12.6. The molecule has 0 atom stereocenters. The monoisotopic (exact) mass is 762 g/mol. The summed E-state index contributed by atoms with van der Waals surface area (Å²) in [4.78, 5) is 46.6. The molecule has 0 unspecified atom stereocenters. The second-order valence-electron chi connectivity index (χ2n) is 8.49. The molecule has 1 aliphatic heterocycles. The van der Waals surface area contributed by atoms with E-state index in [1.807, 2.05) is 0 Å². The van der Waals surface area contributed by atoms with E-state index in [0.717, 1.165) is 9.80 Å². The molecule has 15 nitrogen and oxygen atoms in total. The topological polar surface area (TPSA) is 223 Å². The van der Waals surface area contributed by atoms with Crippen LogP contribution in [0.4, 0.5) is 5.69 Å². The van der Waals surface area contributed by atoms with E-state index in [2.05, 4.69) is 10.6 Å². The number of hydrogen-bond donors (Lipinski definition) is 2. The van der Waals surface area contributed by atoms with Gasteiger partial charge in [-0.3, -0.25) is 4.90 Å². The number of fused-ring (bicyclic) bond motifs is 1. The van der Waals surface area contributed by atoms with Crippen molar-refractivity contribution < 1.29 is 259 Å². The van der Waals surface area contributed by atoms with Crippen LogP contribution in [-0.2, 0) is 23.9 Å². The first-order valence-electron chi connectivity index (χ1n) is 11.8. The van der Waals surface area contributed by atoms with E-state index in [1.54, 1.807) is 12.1 Å². The summed E-state index contributed by atoms with van der Waals surface area (Å²) in [5.74, 6) is -5.57. The molecule has 2 N–H and O–H groups in total. The second kappa shape index (κ2) is 25.2. The molecule has 0 radical (unpaired) electrons. The number of carboxylic acid groups (broad SMARTS) is 4. The molecule has 1 aromatic carbocycles. The molecule has 0 amide bonds. The van der Waals surface area contributed by atoms with Crippen LogP contribution in [-0.4, -0.2) is 91.4 Å². The van der Waals surface area contributed by atoms with Gasteiger partial charge in [-0.25, -0.2) is 0 Å². The number of hydrogen-bond acceptors (Lipinski definition) is 15. The molecule has 0 aliphatic carbocycles. The second-order valence-corrected chi connectivity index (χ2v) is 9.30. The van der Waals surface area contributed by atoms with Crippen molar-refractivity contribution in [1.29, 1.82) is 0 Å². The van der Waals surface area contributed by atoms with Crippen LogP contribution in [0.15, 0.2) is 28.3 Å². The Hall–Kier alpha value is 2.23. The summed E-state index contributed by atoms with van der Waals surface area (Å²) in [6.45, 7) is -3.07. The number of ether oxygens (including phenoxy) is 2. The van der Waals surface area contributed by atoms with Crippen LogP contribution in [0, 0.1) is 0 Å². The molecule has 1 aliphatic rings. The number of benzene rings is 1. The van der Waals surface area contributed by atoms with Crippen LogP contribution >= 0.6 is 24.4 Å². The molecule has 2 aromatic rings. The van der Waals surface area contributed by atoms with Crippen molar-refractivity contribution in [2.75, 3.05) is 57.4 Å². The number of thiocarbonyl (C=S) groups is 2. The molecule has 3 rings (SSSR count). The van der Waals surface area contributed by atoms with Crippen molar-refractivity contribution in [3.8, 4) is 5.75 Å². The number of nitrogens with one attached hydrogen (secondary N) is 2. The molecule has 21 heteroatoms. The summed E-state index contributed by atoms with van der Waals surface area (Å²) in [6, 6.07) is 4.56. The summed E-state index contributed by atoms with van der Waals surface area (Å²) >= 11 is 10.2. The Balaban J connectivity index is 0. The van der Waals surface area contributed by atoms with E-state index in [4.69, 9.17) is 38.3 Å². The summed E-state index contributed by atoms with van der Waals surface area (Å²) in [6.07, 6.45) is 1.59. The molecule has 45 heavy (non-hydrogen) atoms. The van der Waals surface area contributed by atoms with Gasteiger partial charge in [-0.05, 0) is 24.4 Å². The molecule has 0 spiro atoms. The van der Waals surface area contributed by atoms with Crippen molar-refractivity contribution >= 4 is 81.1 Å². The maximum Gasteiger partial charge on any atom is 1.00 e. The zero-order valence-corrected chi connectivity index (χ0v) is 39.3. The van der Waals surface area contributed by atoms with Gasteiger partial charge in [-0.1, -0.05) is 12.2 Å². The maximum atomic E-state index is 11.3. The molecule has 0 saturated carbocycles. The Morgan fingerprint density at radius 1 is 0.800 bits per heavy atom. The van der Waals surface area contributed by atoms with Crippen molar-refractivity contribution in [3.05, 3.63) is 29.7 Å². The number of rotatable bonds is 17. The van der Waals surface area contributed by atoms with Gasteiger partial charge in [-0.2, -0.15) is 0 Å². The average Bonchev–Trinajstić information content (AvgIpc) is 3.39. The fraction of sp³-hybridized carbons (Fsp3) is 0.333. The molecule has 2 heterocycles. The largest absolute Gasteiger partial charge is 1.00 e. The Kier molecular flexibility index (Phi) is 27.7. The summed E-state index contributed by atoms with van der Waals surface area (Å²) in [5, 5.41) is 50.7. The van der Waals surface area contributed by atoms with Crippen LogP contribution in [0.2, 0.25) is 0 Å². The molecule has 1 aromatic heterocycles. The minimum atomic E-state index is -1.55. The van der Waals surface area contributed by atoms with Crippen molar-refractivity contribution in [2.45, 2.75) is 0 Å². The third-order valence-electron chi connectivity index (χ3n) is 5.35. The van der Waals surface area contributed by atoms with Crippen LogP contribution in [0.1, 0.15) is 5.76 Å². The van der Waals surface area contributed by atoms with Crippen molar-refractivity contribution in [1.82, 2.24) is 15.5 Å². The van der Waals surface area contributed by atoms with Crippen molar-refractivity contribution in [3.63, 3.8) is 0 Å². The Morgan fingerprint density at radius 2 is 1.38 bits per heavy atom. The first kappa shape index (κ1) is 49.3. The number of anilines is 1. The number of furan rings is 1. The fourth-order valence-electron chi connectivity index (χ4n) is 3.76. The van der Waals surface area contributed by atoms with Gasteiger partial charge < -0.3 is 69.0 Å². The molecule has 1 saturated heterocycles. The van der Waals surface area contributed by atoms with Crippen LogP contribution in [0.25, 0.3) is 17.0 Å². The van der Waals surface area contributed by atoms with Crippen LogP contribution in [0.5, 0.6) is 5.75 Å². The minimum Gasteiger partial charge on any atom is -0.549 e. The molecule has 220 valence electrons. The average molecular weight is 763 g/mol. The standard InChI is InChI=1S/C24H26N4O11S2.4K/c29-19(30)9-27(10-20(31)32)1-2-37-3-4-38-18-6-13-5-14(7-15-23(40)26-24(41)25-15)39-17(13)8-16(18)28(11-21(33)34)12-22(35)36;;;;/h5-8H,1-4,9-12H2,(H,29,30)(H,31,32)(H,33,34)(H,35,36)(H2,25,26,40,41);;;;/q;4*+1/p-4. The maximum absolute atomic E-state index is 11.3. The third kappa shape index (κ3) is 17.8. The first-order valence-corrected chi connectivity index (χ1v) is 12.6. The van der Waals surface area contributed by atoms with E-state index >= 15 is 0 Å². The minimum absolute atomic E-state index is 0. The number of carboxylic acids is 4. The predicted molar refractivity (Wildman–Crippen MR) is 141 cm³/mol. The van der Waals surface area contributed by atoms with Crippen LogP contribution in [0.3, 0.4) is 0 Å². The smallest absolute Gasteiger partial charge is 0.549 e.